The van der Waals surface area contributed by atoms with E-state index in [0.29, 0.717) is 16.9 Å². The van der Waals surface area contributed by atoms with Crippen molar-refractivity contribution in [2.45, 2.75) is 38.6 Å². The molecule has 102 valence electrons. The molecule has 1 aliphatic carbocycles. The third kappa shape index (κ3) is 2.46. The molecule has 5 heteroatoms. The molecule has 0 saturated heterocycles. The summed E-state index contributed by atoms with van der Waals surface area (Å²) in [6.45, 7) is 2.31. The van der Waals surface area contributed by atoms with E-state index in [1.165, 1.54) is 19.3 Å². The van der Waals surface area contributed by atoms with Gasteiger partial charge >= 0.3 is 0 Å². The van der Waals surface area contributed by atoms with Gasteiger partial charge in [0.15, 0.2) is 5.65 Å². The van der Waals surface area contributed by atoms with Crippen molar-refractivity contribution in [1.29, 1.82) is 0 Å². The van der Waals surface area contributed by atoms with Crippen molar-refractivity contribution in [3.8, 4) is 0 Å². The maximum atomic E-state index is 6.00. The van der Waals surface area contributed by atoms with Gasteiger partial charge in [-0.05, 0) is 31.2 Å². The molecule has 0 amide bonds. The molecule has 0 radical (unpaired) electrons. The number of fused-ring (bicyclic) bond motifs is 1. The lowest BCUT2D eigenvalue weighted by Crippen LogP contribution is -2.11. The maximum absolute atomic E-state index is 6.00. The summed E-state index contributed by atoms with van der Waals surface area (Å²) in [6.07, 6.45) is 6.15. The number of nitrogens with zero attached hydrogens (tertiary/aromatic N) is 3. The smallest absolute Gasteiger partial charge is 0.160 e. The lowest BCUT2D eigenvalue weighted by molar-refractivity contribution is 0.487. The number of alkyl halides is 1. The van der Waals surface area contributed by atoms with Crippen molar-refractivity contribution >= 4 is 34.4 Å². The van der Waals surface area contributed by atoms with E-state index in [2.05, 4.69) is 21.5 Å². The van der Waals surface area contributed by atoms with Gasteiger partial charge in [0.1, 0.15) is 11.3 Å². The van der Waals surface area contributed by atoms with Crippen LogP contribution in [0.3, 0.4) is 0 Å². The second kappa shape index (κ2) is 5.29. The van der Waals surface area contributed by atoms with Crippen LogP contribution in [-0.2, 0) is 6.42 Å². The number of pyridine rings is 1. The molecule has 0 bridgehead atoms. The lowest BCUT2D eigenvalue weighted by Gasteiger charge is -2.15. The standard InChI is InChI=1S/C14H17Cl2N3/c1-9-2-3-11(6-9)19-13(4-5-15)18-12-7-10(16)8-17-14(12)19/h7-9,11H,2-6H2,1H3. The SMILES string of the molecule is CC1CCC(n2c(CCCl)nc3cc(Cl)cnc32)C1. The molecule has 2 heterocycles. The minimum absolute atomic E-state index is 0.506. The van der Waals surface area contributed by atoms with Gasteiger partial charge in [-0.2, -0.15) is 0 Å². The second-order valence-electron chi connectivity index (χ2n) is 5.41. The third-order valence-corrected chi connectivity index (χ3v) is 4.32. The minimum Gasteiger partial charge on any atom is -0.310 e. The first kappa shape index (κ1) is 13.2. The molecule has 2 aromatic rings. The van der Waals surface area contributed by atoms with Crippen LogP contribution in [0.15, 0.2) is 12.3 Å². The van der Waals surface area contributed by atoms with Crippen LogP contribution in [0, 0.1) is 5.92 Å². The largest absolute Gasteiger partial charge is 0.310 e. The first-order valence-electron chi connectivity index (χ1n) is 6.77. The predicted octanol–water partition coefficient (Wildman–Crippen LogP) is 4.23. The molecule has 3 nitrogen and oxygen atoms in total. The van der Waals surface area contributed by atoms with Crippen molar-refractivity contribution in [2.75, 3.05) is 5.88 Å². The van der Waals surface area contributed by atoms with E-state index in [4.69, 9.17) is 23.2 Å². The van der Waals surface area contributed by atoms with Crippen LogP contribution in [0.4, 0.5) is 0 Å². The Labute approximate surface area is 122 Å². The number of hydrogen-bond donors (Lipinski definition) is 0. The summed E-state index contributed by atoms with van der Waals surface area (Å²) in [4.78, 5) is 9.14. The van der Waals surface area contributed by atoms with Gasteiger partial charge in [-0.25, -0.2) is 9.97 Å². The zero-order valence-electron chi connectivity index (χ0n) is 10.9. The number of aromatic nitrogens is 3. The van der Waals surface area contributed by atoms with E-state index < -0.39 is 0 Å². The summed E-state index contributed by atoms with van der Waals surface area (Å²) in [6, 6.07) is 2.39. The monoisotopic (exact) mass is 297 g/mol. The van der Waals surface area contributed by atoms with Gasteiger partial charge in [0.2, 0.25) is 0 Å². The van der Waals surface area contributed by atoms with Crippen LogP contribution in [0.5, 0.6) is 0 Å². The normalized spacial score (nSPS) is 23.3. The van der Waals surface area contributed by atoms with Gasteiger partial charge in [0, 0.05) is 24.5 Å². The fourth-order valence-electron chi connectivity index (χ4n) is 3.06. The molecular formula is C14H17Cl2N3. The van der Waals surface area contributed by atoms with Gasteiger partial charge in [-0.1, -0.05) is 18.5 Å². The Morgan fingerprint density at radius 1 is 1.42 bits per heavy atom. The Bertz CT molecular complexity index is 594. The molecule has 0 N–H and O–H groups in total. The first-order chi connectivity index (χ1) is 9.19. The molecule has 0 spiro atoms. The number of imidazole rings is 1. The van der Waals surface area contributed by atoms with Crippen LogP contribution in [-0.4, -0.2) is 20.4 Å². The Hall–Kier alpha value is -0.800. The molecule has 2 atom stereocenters. The van der Waals surface area contributed by atoms with Crippen LogP contribution < -0.4 is 0 Å². The number of rotatable bonds is 3. The Kier molecular flexibility index (Phi) is 3.68. The fourth-order valence-corrected chi connectivity index (χ4v) is 3.38. The highest BCUT2D eigenvalue weighted by molar-refractivity contribution is 6.31. The molecule has 1 saturated carbocycles. The Morgan fingerprint density at radius 2 is 2.26 bits per heavy atom. The molecule has 2 aromatic heterocycles. The number of hydrogen-bond acceptors (Lipinski definition) is 2. The van der Waals surface area contributed by atoms with Crippen LogP contribution >= 0.6 is 23.2 Å². The van der Waals surface area contributed by atoms with E-state index in [9.17, 15) is 0 Å². The van der Waals surface area contributed by atoms with Gasteiger partial charge in [0.25, 0.3) is 0 Å². The molecule has 0 aromatic carbocycles. The summed E-state index contributed by atoms with van der Waals surface area (Å²) in [5, 5.41) is 0.634. The van der Waals surface area contributed by atoms with E-state index >= 15 is 0 Å². The van der Waals surface area contributed by atoms with Gasteiger partial charge < -0.3 is 4.57 Å². The van der Waals surface area contributed by atoms with Gasteiger partial charge in [-0.3, -0.25) is 0 Å². The molecule has 19 heavy (non-hydrogen) atoms. The van der Waals surface area contributed by atoms with Crippen LogP contribution in [0.2, 0.25) is 5.02 Å². The van der Waals surface area contributed by atoms with Crippen molar-refractivity contribution in [3.05, 3.63) is 23.1 Å². The van der Waals surface area contributed by atoms with E-state index in [1.54, 1.807) is 6.20 Å². The number of halogens is 2. The highest BCUT2D eigenvalue weighted by Crippen LogP contribution is 2.37. The minimum atomic E-state index is 0.506. The Balaban J connectivity index is 2.11. The summed E-state index contributed by atoms with van der Waals surface area (Å²) >= 11 is 11.9. The second-order valence-corrected chi connectivity index (χ2v) is 6.22. The topological polar surface area (TPSA) is 30.7 Å². The summed E-state index contributed by atoms with van der Waals surface area (Å²) in [7, 11) is 0. The zero-order chi connectivity index (χ0) is 13.4. The molecule has 3 rings (SSSR count). The molecule has 1 fully saturated rings. The number of aryl methyl sites for hydroxylation is 1. The summed E-state index contributed by atoms with van der Waals surface area (Å²) in [5.41, 5.74) is 1.83. The van der Waals surface area contributed by atoms with E-state index in [-0.39, 0.29) is 0 Å². The summed E-state index contributed by atoms with van der Waals surface area (Å²) < 4.78 is 2.29. The summed E-state index contributed by atoms with van der Waals surface area (Å²) in [5.74, 6) is 2.40. The van der Waals surface area contributed by atoms with Gasteiger partial charge in [-0.15, -0.1) is 11.6 Å². The lowest BCUT2D eigenvalue weighted by atomic mass is 10.1. The van der Waals surface area contributed by atoms with Crippen LogP contribution in [0.25, 0.3) is 11.2 Å². The zero-order valence-corrected chi connectivity index (χ0v) is 12.5. The fraction of sp³-hybridized carbons (Fsp3) is 0.571. The quantitative estimate of drug-likeness (QED) is 0.794. The van der Waals surface area contributed by atoms with Crippen molar-refractivity contribution in [1.82, 2.24) is 14.5 Å². The van der Waals surface area contributed by atoms with Gasteiger partial charge in [0.05, 0.1) is 5.02 Å². The van der Waals surface area contributed by atoms with Crippen LogP contribution in [0.1, 0.15) is 38.1 Å². The first-order valence-corrected chi connectivity index (χ1v) is 7.68. The predicted molar refractivity (Wildman–Crippen MR) is 79.0 cm³/mol. The van der Waals surface area contributed by atoms with Crippen molar-refractivity contribution < 1.29 is 0 Å². The molecule has 1 aliphatic rings. The molecule has 0 aliphatic heterocycles. The Morgan fingerprint density at radius 3 is 2.95 bits per heavy atom. The maximum Gasteiger partial charge on any atom is 0.160 e. The average Bonchev–Trinajstić information content (AvgIpc) is 2.92. The van der Waals surface area contributed by atoms with E-state index in [0.717, 1.165) is 29.3 Å². The highest BCUT2D eigenvalue weighted by atomic mass is 35.5. The molecule has 2 unspecified atom stereocenters. The third-order valence-electron chi connectivity index (χ3n) is 3.92. The van der Waals surface area contributed by atoms with E-state index in [1.807, 2.05) is 6.07 Å². The highest BCUT2D eigenvalue weighted by Gasteiger charge is 2.26. The van der Waals surface area contributed by atoms with Crippen molar-refractivity contribution in [2.24, 2.45) is 5.92 Å². The average molecular weight is 298 g/mol. The van der Waals surface area contributed by atoms with Crippen molar-refractivity contribution in [3.63, 3.8) is 0 Å². The molecular weight excluding hydrogens is 281 g/mol.